The molecule has 1 atom stereocenters. The number of hydrogen-bond acceptors (Lipinski definition) is 2. The van der Waals surface area contributed by atoms with Crippen LogP contribution >= 0.6 is 0 Å². The van der Waals surface area contributed by atoms with Crippen LogP contribution in [0.5, 0.6) is 5.75 Å². The Labute approximate surface area is 169 Å². The predicted octanol–water partition coefficient (Wildman–Crippen LogP) is 6.56. The van der Waals surface area contributed by atoms with Gasteiger partial charge in [0.1, 0.15) is 6.10 Å². The maximum Gasteiger partial charge on any atom is 0.165 e. The third-order valence-electron chi connectivity index (χ3n) is 5.90. The van der Waals surface area contributed by atoms with Crippen LogP contribution in [-0.4, -0.2) is 13.2 Å². The topological polar surface area (TPSA) is 21.8 Å². The van der Waals surface area contributed by atoms with Gasteiger partial charge in [-0.15, -0.1) is 0 Å². The van der Waals surface area contributed by atoms with Crippen LogP contribution in [0.15, 0.2) is 36.4 Å². The minimum atomic E-state index is -0.771. The van der Waals surface area contributed by atoms with E-state index >= 15 is 0 Å². The van der Waals surface area contributed by atoms with E-state index in [2.05, 4.69) is 0 Å². The SMILES string of the molecule is C/C=C/c1ccc(OCC2CCC(c3ccc(C4CO4)c(F)c3F)CC2)c(F)c1. The van der Waals surface area contributed by atoms with Crippen molar-refractivity contribution in [2.75, 3.05) is 13.2 Å². The molecule has 2 nitrogen and oxygen atoms in total. The van der Waals surface area contributed by atoms with Crippen LogP contribution in [0.25, 0.3) is 6.08 Å². The second kappa shape index (κ2) is 8.62. The van der Waals surface area contributed by atoms with E-state index in [-0.39, 0.29) is 29.5 Å². The first-order chi connectivity index (χ1) is 14.1. The summed E-state index contributed by atoms with van der Waals surface area (Å²) in [5.41, 5.74) is 1.57. The summed E-state index contributed by atoms with van der Waals surface area (Å²) in [6, 6.07) is 8.29. The quantitative estimate of drug-likeness (QED) is 0.510. The van der Waals surface area contributed by atoms with E-state index in [1.807, 2.05) is 25.1 Å². The molecule has 0 N–H and O–H groups in total. The van der Waals surface area contributed by atoms with Crippen LogP contribution in [0, 0.1) is 23.4 Å². The highest BCUT2D eigenvalue weighted by molar-refractivity contribution is 5.50. The van der Waals surface area contributed by atoms with Crippen molar-refractivity contribution in [3.63, 3.8) is 0 Å². The van der Waals surface area contributed by atoms with Crippen LogP contribution in [0.2, 0.25) is 0 Å². The van der Waals surface area contributed by atoms with Gasteiger partial charge in [0, 0.05) is 5.56 Å². The summed E-state index contributed by atoms with van der Waals surface area (Å²) in [5.74, 6) is -1.33. The Bertz CT molecular complexity index is 897. The molecular weight excluding hydrogens is 377 g/mol. The highest BCUT2D eigenvalue weighted by Crippen LogP contribution is 2.40. The first-order valence-electron chi connectivity index (χ1n) is 10.2. The zero-order valence-electron chi connectivity index (χ0n) is 16.5. The number of epoxide rings is 1. The highest BCUT2D eigenvalue weighted by atomic mass is 19.2. The maximum absolute atomic E-state index is 14.5. The average Bonchev–Trinajstić information content (AvgIpc) is 3.55. The molecule has 1 heterocycles. The Balaban J connectivity index is 1.32. The smallest absolute Gasteiger partial charge is 0.165 e. The molecule has 2 fully saturated rings. The van der Waals surface area contributed by atoms with Crippen LogP contribution in [0.4, 0.5) is 13.2 Å². The molecule has 2 aromatic rings. The van der Waals surface area contributed by atoms with Gasteiger partial charge in [0.05, 0.1) is 13.2 Å². The van der Waals surface area contributed by atoms with E-state index in [1.165, 1.54) is 6.07 Å². The van der Waals surface area contributed by atoms with Gasteiger partial charge < -0.3 is 9.47 Å². The van der Waals surface area contributed by atoms with Crippen LogP contribution in [-0.2, 0) is 4.74 Å². The summed E-state index contributed by atoms with van der Waals surface area (Å²) in [6.45, 7) is 2.77. The molecule has 4 rings (SSSR count). The zero-order chi connectivity index (χ0) is 20.4. The molecule has 0 aromatic heterocycles. The van der Waals surface area contributed by atoms with Gasteiger partial charge in [-0.05, 0) is 67.7 Å². The first-order valence-corrected chi connectivity index (χ1v) is 10.2. The lowest BCUT2D eigenvalue weighted by Crippen LogP contribution is -2.20. The summed E-state index contributed by atoms with van der Waals surface area (Å²) in [4.78, 5) is 0. The van der Waals surface area contributed by atoms with Crippen LogP contribution in [0.3, 0.4) is 0 Å². The molecule has 0 radical (unpaired) electrons. The third kappa shape index (κ3) is 4.50. The van der Waals surface area contributed by atoms with Gasteiger partial charge in [-0.25, -0.2) is 13.2 Å². The van der Waals surface area contributed by atoms with Crippen molar-refractivity contribution >= 4 is 6.08 Å². The van der Waals surface area contributed by atoms with E-state index < -0.39 is 11.6 Å². The Morgan fingerprint density at radius 2 is 1.69 bits per heavy atom. The van der Waals surface area contributed by atoms with Gasteiger partial charge in [-0.3, -0.25) is 0 Å². The number of ether oxygens (including phenoxy) is 2. The molecule has 0 bridgehead atoms. The molecule has 5 heteroatoms. The fourth-order valence-electron chi connectivity index (χ4n) is 4.15. The van der Waals surface area contributed by atoms with Gasteiger partial charge in [-0.1, -0.05) is 30.4 Å². The Kier molecular flexibility index (Phi) is 5.95. The molecule has 1 aliphatic heterocycles. The lowest BCUT2D eigenvalue weighted by Gasteiger charge is -2.29. The molecular formula is C24H25F3O2. The van der Waals surface area contributed by atoms with Crippen molar-refractivity contribution in [3.8, 4) is 5.75 Å². The monoisotopic (exact) mass is 402 g/mol. The summed E-state index contributed by atoms with van der Waals surface area (Å²) < 4.78 is 53.7. The fourth-order valence-corrected chi connectivity index (χ4v) is 4.15. The summed E-state index contributed by atoms with van der Waals surface area (Å²) >= 11 is 0. The number of hydrogen-bond donors (Lipinski definition) is 0. The largest absolute Gasteiger partial charge is 0.490 e. The van der Waals surface area contributed by atoms with E-state index in [0.29, 0.717) is 24.3 Å². The zero-order valence-corrected chi connectivity index (χ0v) is 16.5. The minimum Gasteiger partial charge on any atom is -0.490 e. The van der Waals surface area contributed by atoms with Crippen LogP contribution < -0.4 is 4.74 Å². The van der Waals surface area contributed by atoms with E-state index in [4.69, 9.17) is 9.47 Å². The lowest BCUT2D eigenvalue weighted by atomic mass is 9.78. The molecule has 1 aliphatic carbocycles. The normalized spacial score (nSPS) is 24.1. The second-order valence-electron chi connectivity index (χ2n) is 7.91. The summed E-state index contributed by atoms with van der Waals surface area (Å²) in [7, 11) is 0. The minimum absolute atomic E-state index is 0.00627. The van der Waals surface area contributed by atoms with Crippen molar-refractivity contribution in [2.45, 2.75) is 44.6 Å². The number of allylic oxidation sites excluding steroid dienone is 1. The van der Waals surface area contributed by atoms with Gasteiger partial charge in [0.25, 0.3) is 0 Å². The van der Waals surface area contributed by atoms with Gasteiger partial charge in [0.15, 0.2) is 23.2 Å². The van der Waals surface area contributed by atoms with Gasteiger partial charge in [0.2, 0.25) is 0 Å². The average molecular weight is 402 g/mol. The molecule has 1 saturated heterocycles. The van der Waals surface area contributed by atoms with Crippen molar-refractivity contribution in [2.24, 2.45) is 5.92 Å². The number of halogens is 3. The molecule has 2 aliphatic rings. The molecule has 1 saturated carbocycles. The maximum atomic E-state index is 14.5. The van der Waals surface area contributed by atoms with E-state index in [1.54, 1.807) is 18.2 Å². The van der Waals surface area contributed by atoms with Crippen molar-refractivity contribution in [3.05, 3.63) is 70.5 Å². The van der Waals surface area contributed by atoms with Gasteiger partial charge in [-0.2, -0.15) is 0 Å². The molecule has 1 unspecified atom stereocenters. The molecule has 0 spiro atoms. The van der Waals surface area contributed by atoms with Crippen molar-refractivity contribution < 1.29 is 22.6 Å². The van der Waals surface area contributed by atoms with E-state index in [0.717, 1.165) is 31.2 Å². The summed E-state index contributed by atoms with van der Waals surface area (Å²) in [5, 5.41) is 0. The second-order valence-corrected chi connectivity index (χ2v) is 7.91. The van der Waals surface area contributed by atoms with Crippen molar-refractivity contribution in [1.82, 2.24) is 0 Å². The number of rotatable bonds is 6. The highest BCUT2D eigenvalue weighted by Gasteiger charge is 2.32. The molecule has 29 heavy (non-hydrogen) atoms. The standard InChI is InChI=1S/C24H25F3O2/c1-2-3-15-6-11-21(20(25)12-15)28-13-16-4-7-17(8-5-16)18-9-10-19(22-14-29-22)24(27)23(18)26/h2-3,6,9-12,16-17,22H,4-5,7-8,13-14H2,1H3/b3-2+. The lowest BCUT2D eigenvalue weighted by molar-refractivity contribution is 0.193. The molecule has 0 amide bonds. The Morgan fingerprint density at radius 1 is 1.00 bits per heavy atom. The summed E-state index contributed by atoms with van der Waals surface area (Å²) in [6.07, 6.45) is 6.63. The van der Waals surface area contributed by atoms with Gasteiger partial charge >= 0.3 is 0 Å². The third-order valence-corrected chi connectivity index (χ3v) is 5.90. The van der Waals surface area contributed by atoms with Crippen molar-refractivity contribution in [1.29, 1.82) is 0 Å². The number of benzene rings is 2. The fraction of sp³-hybridized carbons (Fsp3) is 0.417. The van der Waals surface area contributed by atoms with E-state index in [9.17, 15) is 13.2 Å². The first kappa shape index (κ1) is 20.0. The predicted molar refractivity (Wildman–Crippen MR) is 106 cm³/mol. The van der Waals surface area contributed by atoms with Crippen LogP contribution in [0.1, 0.15) is 61.3 Å². The Hall–Kier alpha value is -2.27. The Morgan fingerprint density at radius 3 is 2.34 bits per heavy atom. The molecule has 154 valence electrons. The molecule has 2 aromatic carbocycles.